The van der Waals surface area contributed by atoms with Gasteiger partial charge in [0.05, 0.1) is 4.90 Å². The Balaban J connectivity index is 1.63. The molecule has 6 heteroatoms. The fourth-order valence-electron chi connectivity index (χ4n) is 5.44. The van der Waals surface area contributed by atoms with Crippen LogP contribution in [0.15, 0.2) is 23.1 Å². The molecule has 3 aliphatic rings. The molecule has 0 unspecified atom stereocenters. The second kappa shape index (κ2) is 7.09. The zero-order chi connectivity index (χ0) is 21.0. The lowest BCUT2D eigenvalue weighted by Crippen LogP contribution is -2.38. The van der Waals surface area contributed by atoms with Gasteiger partial charge in [0.25, 0.3) is 5.91 Å². The maximum atomic E-state index is 13.4. The number of nitrogens with zero attached hydrogens (tertiary/aromatic N) is 2. The van der Waals surface area contributed by atoms with Crippen LogP contribution >= 0.6 is 0 Å². The highest BCUT2D eigenvalue weighted by Crippen LogP contribution is 2.56. The fourth-order valence-corrected chi connectivity index (χ4v) is 7.20. The molecule has 2 heterocycles. The molecule has 2 bridgehead atoms. The first kappa shape index (κ1) is 20.9. The van der Waals surface area contributed by atoms with Crippen molar-refractivity contribution in [2.75, 3.05) is 19.6 Å². The first-order valence-corrected chi connectivity index (χ1v) is 12.4. The minimum absolute atomic E-state index is 0.0217. The van der Waals surface area contributed by atoms with Gasteiger partial charge < -0.3 is 4.90 Å². The lowest BCUT2D eigenvalue weighted by Gasteiger charge is -2.44. The molecule has 160 valence electrons. The van der Waals surface area contributed by atoms with Crippen LogP contribution in [0.5, 0.6) is 0 Å². The number of hydrogen-bond donors (Lipinski definition) is 0. The van der Waals surface area contributed by atoms with Crippen molar-refractivity contribution in [2.24, 2.45) is 10.8 Å². The van der Waals surface area contributed by atoms with Crippen molar-refractivity contribution in [1.29, 1.82) is 0 Å². The first-order valence-electron chi connectivity index (χ1n) is 11.0. The summed E-state index contributed by atoms with van der Waals surface area (Å²) < 4.78 is 28.0. The standard InChI is InChI=1S/C23H34N2O3S/c1-17-8-9-18(14-20(17)29(27,28)24-12-6-5-7-13-24)21(26)25-16-23(4)15-19(25)10-11-22(23,2)3/h8-9,14,19H,5-7,10-13,15-16H2,1-4H3/t19-,23-/m1/s1. The third kappa shape index (κ3) is 3.42. The third-order valence-electron chi connectivity index (χ3n) is 8.01. The zero-order valence-corrected chi connectivity index (χ0v) is 19.0. The molecular weight excluding hydrogens is 384 g/mol. The number of likely N-dealkylation sites (tertiary alicyclic amines) is 1. The summed E-state index contributed by atoms with van der Waals surface area (Å²) in [5.74, 6) is -0.0217. The van der Waals surface area contributed by atoms with Gasteiger partial charge in [0.2, 0.25) is 10.0 Å². The van der Waals surface area contributed by atoms with E-state index in [1.165, 1.54) is 0 Å². The Morgan fingerprint density at radius 2 is 1.79 bits per heavy atom. The summed E-state index contributed by atoms with van der Waals surface area (Å²) in [7, 11) is -3.56. The highest BCUT2D eigenvalue weighted by molar-refractivity contribution is 7.89. The fraction of sp³-hybridized carbons (Fsp3) is 0.696. The van der Waals surface area contributed by atoms with Gasteiger partial charge in [-0.3, -0.25) is 4.79 Å². The molecular formula is C23H34N2O3S. The van der Waals surface area contributed by atoms with Crippen LogP contribution in [-0.4, -0.2) is 49.2 Å². The van der Waals surface area contributed by atoms with E-state index in [1.54, 1.807) is 22.5 Å². The number of hydrogen-bond acceptors (Lipinski definition) is 3. The SMILES string of the molecule is Cc1ccc(C(=O)N2C[C@@]3(C)C[C@H]2CCC3(C)C)cc1S(=O)(=O)N1CCCCC1. The minimum Gasteiger partial charge on any atom is -0.335 e. The highest BCUT2D eigenvalue weighted by Gasteiger charge is 2.54. The van der Waals surface area contributed by atoms with Crippen LogP contribution in [0, 0.1) is 17.8 Å². The Bertz CT molecular complexity index is 918. The van der Waals surface area contributed by atoms with Gasteiger partial charge >= 0.3 is 0 Å². The van der Waals surface area contributed by atoms with E-state index in [-0.39, 0.29) is 22.8 Å². The molecule has 2 aliphatic heterocycles. The van der Waals surface area contributed by atoms with Crippen molar-refractivity contribution in [3.05, 3.63) is 29.3 Å². The van der Waals surface area contributed by atoms with E-state index in [2.05, 4.69) is 20.8 Å². The van der Waals surface area contributed by atoms with Gasteiger partial charge in [-0.15, -0.1) is 0 Å². The number of sulfonamides is 1. The highest BCUT2D eigenvalue weighted by atomic mass is 32.2. The van der Waals surface area contributed by atoms with E-state index in [0.717, 1.165) is 45.1 Å². The molecule has 0 spiro atoms. The number of piperidine rings is 1. The molecule has 0 N–H and O–H groups in total. The molecule has 1 aromatic carbocycles. The third-order valence-corrected chi connectivity index (χ3v) is 10.1. The second-order valence-electron chi connectivity index (χ2n) is 10.2. The molecule has 4 rings (SSSR count). The summed E-state index contributed by atoms with van der Waals surface area (Å²) in [6.45, 7) is 10.6. The van der Waals surface area contributed by atoms with E-state index < -0.39 is 10.0 Å². The lowest BCUT2D eigenvalue weighted by atomic mass is 9.60. The van der Waals surface area contributed by atoms with Crippen molar-refractivity contribution in [3.8, 4) is 0 Å². The van der Waals surface area contributed by atoms with Crippen LogP contribution in [0.25, 0.3) is 0 Å². The number of carbonyl (C=O) groups excluding carboxylic acids is 1. The Kier molecular flexibility index (Phi) is 5.10. The number of benzene rings is 1. The summed E-state index contributed by atoms with van der Waals surface area (Å²) in [5.41, 5.74) is 1.55. The molecule has 29 heavy (non-hydrogen) atoms. The Morgan fingerprint density at radius 1 is 1.10 bits per heavy atom. The Morgan fingerprint density at radius 3 is 2.45 bits per heavy atom. The van der Waals surface area contributed by atoms with Gasteiger partial charge in [-0.05, 0) is 67.6 Å². The monoisotopic (exact) mass is 418 g/mol. The van der Waals surface area contributed by atoms with E-state index in [0.29, 0.717) is 29.1 Å². The van der Waals surface area contributed by atoms with E-state index in [1.807, 2.05) is 11.8 Å². The van der Waals surface area contributed by atoms with Crippen molar-refractivity contribution in [3.63, 3.8) is 0 Å². The molecule has 3 fully saturated rings. The number of aryl methyl sites for hydroxylation is 1. The largest absolute Gasteiger partial charge is 0.335 e. The Hall–Kier alpha value is -1.40. The molecule has 0 radical (unpaired) electrons. The van der Waals surface area contributed by atoms with Crippen molar-refractivity contribution in [1.82, 2.24) is 9.21 Å². The number of fused-ring (bicyclic) bond motifs is 2. The van der Waals surface area contributed by atoms with E-state index in [4.69, 9.17) is 0 Å². The van der Waals surface area contributed by atoms with Gasteiger partial charge in [-0.2, -0.15) is 4.31 Å². The van der Waals surface area contributed by atoms with E-state index in [9.17, 15) is 13.2 Å². The molecule has 1 aliphatic carbocycles. The average Bonchev–Trinajstić information content (AvgIpc) is 3.01. The zero-order valence-electron chi connectivity index (χ0n) is 18.2. The van der Waals surface area contributed by atoms with Gasteiger partial charge in [-0.25, -0.2) is 8.42 Å². The smallest absolute Gasteiger partial charge is 0.254 e. The topological polar surface area (TPSA) is 57.7 Å². The van der Waals surface area contributed by atoms with Crippen LogP contribution in [-0.2, 0) is 10.0 Å². The number of carbonyl (C=O) groups is 1. The number of rotatable bonds is 3. The molecule has 2 atom stereocenters. The molecule has 1 aromatic rings. The molecule has 1 saturated carbocycles. The van der Waals surface area contributed by atoms with Crippen LogP contribution < -0.4 is 0 Å². The molecule has 1 amide bonds. The summed E-state index contributed by atoms with van der Waals surface area (Å²) in [6.07, 6.45) is 6.08. The second-order valence-corrected chi connectivity index (χ2v) is 12.1. The van der Waals surface area contributed by atoms with Crippen LogP contribution in [0.4, 0.5) is 0 Å². The van der Waals surface area contributed by atoms with Gasteiger partial charge in [-0.1, -0.05) is 33.3 Å². The van der Waals surface area contributed by atoms with Gasteiger partial charge in [0.15, 0.2) is 0 Å². The predicted molar refractivity (Wildman–Crippen MR) is 114 cm³/mol. The first-order chi connectivity index (χ1) is 13.6. The van der Waals surface area contributed by atoms with Crippen molar-refractivity contribution >= 4 is 15.9 Å². The van der Waals surface area contributed by atoms with Crippen LogP contribution in [0.2, 0.25) is 0 Å². The summed E-state index contributed by atoms with van der Waals surface area (Å²) in [6, 6.07) is 5.47. The molecule has 0 aromatic heterocycles. The normalized spacial score (nSPS) is 29.8. The summed E-state index contributed by atoms with van der Waals surface area (Å²) in [5, 5.41) is 0. The van der Waals surface area contributed by atoms with Crippen molar-refractivity contribution < 1.29 is 13.2 Å². The van der Waals surface area contributed by atoms with Crippen molar-refractivity contribution in [2.45, 2.75) is 77.2 Å². The maximum Gasteiger partial charge on any atom is 0.254 e. The predicted octanol–water partition coefficient (Wildman–Crippen LogP) is 4.21. The quantitative estimate of drug-likeness (QED) is 0.739. The van der Waals surface area contributed by atoms with Gasteiger partial charge in [0, 0.05) is 31.2 Å². The summed E-state index contributed by atoms with van der Waals surface area (Å²) >= 11 is 0. The van der Waals surface area contributed by atoms with Crippen LogP contribution in [0.3, 0.4) is 0 Å². The average molecular weight is 419 g/mol. The molecule has 2 saturated heterocycles. The molecule has 5 nitrogen and oxygen atoms in total. The minimum atomic E-state index is -3.56. The van der Waals surface area contributed by atoms with E-state index >= 15 is 0 Å². The lowest BCUT2D eigenvalue weighted by molar-refractivity contribution is 0.0692. The number of amides is 1. The summed E-state index contributed by atoms with van der Waals surface area (Å²) in [4.78, 5) is 15.7. The van der Waals surface area contributed by atoms with Gasteiger partial charge in [0.1, 0.15) is 0 Å². The Labute approximate surface area is 175 Å². The van der Waals surface area contributed by atoms with Crippen LogP contribution in [0.1, 0.15) is 75.2 Å². The maximum absolute atomic E-state index is 13.4.